The number of aromatic nitrogens is 2. The summed E-state index contributed by atoms with van der Waals surface area (Å²) < 4.78 is 45.4. The van der Waals surface area contributed by atoms with Crippen molar-refractivity contribution in [2.45, 2.75) is 12.6 Å². The molecule has 0 saturated carbocycles. The first kappa shape index (κ1) is 16.8. The average molecular weight is 365 g/mol. The zero-order chi connectivity index (χ0) is 18.3. The fourth-order valence-corrected chi connectivity index (χ4v) is 3.23. The largest absolute Gasteiger partial charge is 0.496 e. The lowest BCUT2D eigenvalue weighted by molar-refractivity contribution is -0.0255. The normalized spacial score (nSPS) is 19.2. The van der Waals surface area contributed by atoms with E-state index in [9.17, 15) is 13.6 Å². The number of nitrogens with zero attached hydrogens (tertiary/aromatic N) is 3. The number of hydrogen-bond acceptors (Lipinski definition) is 5. The summed E-state index contributed by atoms with van der Waals surface area (Å²) in [5.41, 5.74) is 0.369. The highest BCUT2D eigenvalue weighted by Gasteiger charge is 2.32. The van der Waals surface area contributed by atoms with Crippen molar-refractivity contribution in [3.8, 4) is 11.6 Å². The summed E-state index contributed by atoms with van der Waals surface area (Å²) in [7, 11) is 1.33. The molecule has 7 nitrogen and oxygen atoms in total. The standard InChI is InChI=1S/C17H17F2N3O4/c1-24-13-7-10(18)6-11(19)16(13)14-9-21(2-4-25-14)17(23)12-8-15-22(20-12)3-5-26-15/h6-8,14H,2-5,9H2,1H3. The van der Waals surface area contributed by atoms with E-state index in [0.29, 0.717) is 25.6 Å². The predicted molar refractivity (Wildman–Crippen MR) is 85.2 cm³/mol. The van der Waals surface area contributed by atoms with Gasteiger partial charge in [-0.05, 0) is 0 Å². The van der Waals surface area contributed by atoms with Gasteiger partial charge in [0.05, 0.1) is 32.4 Å². The number of methoxy groups -OCH3 is 1. The quantitative estimate of drug-likeness (QED) is 0.830. The molecule has 3 heterocycles. The van der Waals surface area contributed by atoms with E-state index < -0.39 is 17.7 Å². The second kappa shape index (κ2) is 6.56. The van der Waals surface area contributed by atoms with Crippen LogP contribution in [0.5, 0.6) is 11.6 Å². The Labute approximate surface area is 148 Å². The number of fused-ring (bicyclic) bond motifs is 1. The molecule has 138 valence electrons. The van der Waals surface area contributed by atoms with Crippen LogP contribution in [0.3, 0.4) is 0 Å². The van der Waals surface area contributed by atoms with E-state index in [1.54, 1.807) is 10.7 Å². The monoisotopic (exact) mass is 365 g/mol. The molecule has 4 rings (SSSR count). The minimum Gasteiger partial charge on any atom is -0.496 e. The van der Waals surface area contributed by atoms with Crippen LogP contribution >= 0.6 is 0 Å². The molecule has 0 N–H and O–H groups in total. The first-order valence-electron chi connectivity index (χ1n) is 8.21. The molecule has 26 heavy (non-hydrogen) atoms. The van der Waals surface area contributed by atoms with Crippen LogP contribution in [0.2, 0.25) is 0 Å². The average Bonchev–Trinajstić information content (AvgIpc) is 3.22. The Morgan fingerprint density at radius 3 is 2.88 bits per heavy atom. The molecular weight excluding hydrogens is 348 g/mol. The lowest BCUT2D eigenvalue weighted by Crippen LogP contribution is -2.42. The summed E-state index contributed by atoms with van der Waals surface area (Å²) in [4.78, 5) is 14.3. The number of hydrogen-bond donors (Lipinski definition) is 0. The van der Waals surface area contributed by atoms with Crippen molar-refractivity contribution in [2.75, 3.05) is 33.4 Å². The molecular formula is C17H17F2N3O4. The maximum Gasteiger partial charge on any atom is 0.274 e. The Morgan fingerprint density at radius 1 is 1.27 bits per heavy atom. The number of carbonyl (C=O) groups is 1. The number of carbonyl (C=O) groups excluding carboxylic acids is 1. The van der Waals surface area contributed by atoms with Gasteiger partial charge < -0.3 is 19.1 Å². The Balaban J connectivity index is 1.57. The van der Waals surface area contributed by atoms with Gasteiger partial charge in [-0.15, -0.1) is 0 Å². The van der Waals surface area contributed by atoms with Gasteiger partial charge in [-0.2, -0.15) is 5.10 Å². The minimum absolute atomic E-state index is 0.0520. The van der Waals surface area contributed by atoms with Crippen molar-refractivity contribution in [3.63, 3.8) is 0 Å². The van der Waals surface area contributed by atoms with Crippen LogP contribution in [0.4, 0.5) is 8.78 Å². The maximum absolute atomic E-state index is 14.3. The number of rotatable bonds is 3. The molecule has 1 unspecified atom stereocenters. The van der Waals surface area contributed by atoms with Gasteiger partial charge in [0.2, 0.25) is 5.88 Å². The zero-order valence-electron chi connectivity index (χ0n) is 14.1. The first-order chi connectivity index (χ1) is 12.6. The van der Waals surface area contributed by atoms with Crippen LogP contribution < -0.4 is 9.47 Å². The van der Waals surface area contributed by atoms with Gasteiger partial charge in [-0.3, -0.25) is 4.79 Å². The Kier molecular flexibility index (Phi) is 4.23. The maximum atomic E-state index is 14.3. The van der Waals surface area contributed by atoms with Crippen molar-refractivity contribution in [2.24, 2.45) is 0 Å². The van der Waals surface area contributed by atoms with Gasteiger partial charge in [-0.25, -0.2) is 13.5 Å². The number of amides is 1. The van der Waals surface area contributed by atoms with E-state index in [1.165, 1.54) is 12.0 Å². The second-order valence-corrected chi connectivity index (χ2v) is 6.05. The van der Waals surface area contributed by atoms with Crippen LogP contribution in [0.25, 0.3) is 0 Å². The van der Waals surface area contributed by atoms with Crippen LogP contribution in [-0.4, -0.2) is 54.0 Å². The zero-order valence-corrected chi connectivity index (χ0v) is 14.1. The molecule has 0 aliphatic carbocycles. The van der Waals surface area contributed by atoms with Gasteiger partial charge in [0, 0.05) is 24.7 Å². The molecule has 1 saturated heterocycles. The lowest BCUT2D eigenvalue weighted by Gasteiger charge is -2.33. The van der Waals surface area contributed by atoms with Crippen molar-refractivity contribution < 1.29 is 27.8 Å². The fourth-order valence-electron chi connectivity index (χ4n) is 3.23. The summed E-state index contributed by atoms with van der Waals surface area (Å²) in [5, 5.41) is 4.24. The molecule has 0 bridgehead atoms. The lowest BCUT2D eigenvalue weighted by atomic mass is 10.0. The van der Waals surface area contributed by atoms with E-state index in [1.807, 2.05) is 0 Å². The summed E-state index contributed by atoms with van der Waals surface area (Å²) in [6.45, 7) is 1.83. The highest BCUT2D eigenvalue weighted by Crippen LogP contribution is 2.34. The van der Waals surface area contributed by atoms with Gasteiger partial charge >= 0.3 is 0 Å². The van der Waals surface area contributed by atoms with Gasteiger partial charge in [0.25, 0.3) is 5.91 Å². The van der Waals surface area contributed by atoms with Crippen molar-refractivity contribution in [1.82, 2.24) is 14.7 Å². The van der Waals surface area contributed by atoms with Gasteiger partial charge in [-0.1, -0.05) is 0 Å². The number of morpholine rings is 1. The number of halogens is 2. The van der Waals surface area contributed by atoms with Crippen LogP contribution in [0.1, 0.15) is 22.2 Å². The topological polar surface area (TPSA) is 65.8 Å². The summed E-state index contributed by atoms with van der Waals surface area (Å²) in [5.74, 6) is -1.18. The highest BCUT2D eigenvalue weighted by molar-refractivity contribution is 5.92. The molecule has 1 aromatic heterocycles. The SMILES string of the molecule is COc1cc(F)cc(F)c1C1CN(C(=O)c2cc3n(n2)CCO3)CCO1. The van der Waals surface area contributed by atoms with Crippen LogP contribution in [0, 0.1) is 11.6 Å². The Bertz CT molecular complexity index is 833. The molecule has 2 aromatic rings. The van der Waals surface area contributed by atoms with Crippen LogP contribution in [0.15, 0.2) is 18.2 Å². The molecule has 1 fully saturated rings. The van der Waals surface area contributed by atoms with Crippen molar-refractivity contribution in [3.05, 3.63) is 41.1 Å². The predicted octanol–water partition coefficient (Wildman–Crippen LogP) is 1.78. The van der Waals surface area contributed by atoms with Crippen molar-refractivity contribution >= 4 is 5.91 Å². The number of ether oxygens (including phenoxy) is 3. The van der Waals surface area contributed by atoms with Gasteiger partial charge in [0.1, 0.15) is 30.1 Å². The van der Waals surface area contributed by atoms with E-state index in [2.05, 4.69) is 5.10 Å². The molecule has 0 radical (unpaired) electrons. The van der Waals surface area contributed by atoms with Crippen molar-refractivity contribution in [1.29, 1.82) is 0 Å². The molecule has 1 aromatic carbocycles. The molecule has 0 spiro atoms. The third-order valence-corrected chi connectivity index (χ3v) is 4.47. The fraction of sp³-hybridized carbons (Fsp3) is 0.412. The third-order valence-electron chi connectivity index (χ3n) is 4.47. The third kappa shape index (κ3) is 2.88. The highest BCUT2D eigenvalue weighted by atomic mass is 19.1. The molecule has 2 aliphatic heterocycles. The summed E-state index contributed by atoms with van der Waals surface area (Å²) >= 11 is 0. The van der Waals surface area contributed by atoms with E-state index in [0.717, 1.165) is 12.1 Å². The Morgan fingerprint density at radius 2 is 2.12 bits per heavy atom. The Hall–Kier alpha value is -2.68. The molecule has 2 aliphatic rings. The van der Waals surface area contributed by atoms with E-state index in [-0.39, 0.29) is 36.1 Å². The van der Waals surface area contributed by atoms with Gasteiger partial charge in [0.15, 0.2) is 5.69 Å². The summed E-state index contributed by atoms with van der Waals surface area (Å²) in [6.07, 6.45) is -0.756. The molecule has 9 heteroatoms. The minimum atomic E-state index is -0.768. The molecule has 1 amide bonds. The van der Waals surface area contributed by atoms with E-state index >= 15 is 0 Å². The second-order valence-electron chi connectivity index (χ2n) is 6.05. The smallest absolute Gasteiger partial charge is 0.274 e. The van der Waals surface area contributed by atoms with E-state index in [4.69, 9.17) is 14.2 Å². The first-order valence-corrected chi connectivity index (χ1v) is 8.21. The number of benzene rings is 1. The van der Waals surface area contributed by atoms with Crippen LogP contribution in [-0.2, 0) is 11.3 Å². The molecule has 1 atom stereocenters. The summed E-state index contributed by atoms with van der Waals surface area (Å²) in [6, 6.07) is 3.47.